The molecule has 0 unspecified atom stereocenters. The van der Waals surface area contributed by atoms with Gasteiger partial charge in [0.2, 0.25) is 5.91 Å². The van der Waals surface area contributed by atoms with Crippen LogP contribution in [-0.4, -0.2) is 28.6 Å². The zero-order chi connectivity index (χ0) is 15.2. The highest BCUT2D eigenvalue weighted by atomic mass is 32.2. The molecule has 0 fully saturated rings. The molecule has 0 aliphatic carbocycles. The van der Waals surface area contributed by atoms with Gasteiger partial charge in [-0.05, 0) is 11.8 Å². The summed E-state index contributed by atoms with van der Waals surface area (Å²) in [5, 5.41) is 13.0. The third-order valence-electron chi connectivity index (χ3n) is 2.23. The van der Waals surface area contributed by atoms with E-state index in [1.54, 1.807) is 6.07 Å². The summed E-state index contributed by atoms with van der Waals surface area (Å²) in [5.74, 6) is -0.853. The van der Waals surface area contributed by atoms with Crippen molar-refractivity contribution in [3.8, 4) is 0 Å². The Morgan fingerprint density at radius 2 is 2.00 bits per heavy atom. The summed E-state index contributed by atoms with van der Waals surface area (Å²) >= 11 is -0.233. The smallest absolute Gasteiger partial charge is 0.355 e. The van der Waals surface area contributed by atoms with Crippen LogP contribution in [0.1, 0.15) is 5.56 Å². The Balaban J connectivity index is 2.45. The lowest BCUT2D eigenvalue weighted by Crippen LogP contribution is -2.28. The molecule has 1 N–H and O–H groups in total. The van der Waals surface area contributed by atoms with E-state index in [9.17, 15) is 28.1 Å². The summed E-state index contributed by atoms with van der Waals surface area (Å²) in [5.41, 5.74) is -4.30. The third-order valence-corrected chi connectivity index (χ3v) is 2.96. The number of carbonyl (C=O) groups is 1. The second-order valence-electron chi connectivity index (χ2n) is 3.71. The lowest BCUT2D eigenvalue weighted by molar-refractivity contribution is -0.385. The third kappa shape index (κ3) is 5.91. The number of halogens is 3. The number of alkyl halides is 3. The Morgan fingerprint density at radius 3 is 2.60 bits per heavy atom. The molecule has 0 bridgehead atoms. The topological polar surface area (TPSA) is 72.2 Å². The maximum absolute atomic E-state index is 11.8. The Labute approximate surface area is 116 Å². The van der Waals surface area contributed by atoms with Crippen molar-refractivity contribution in [3.05, 3.63) is 39.9 Å². The molecule has 1 aromatic carbocycles. The molecule has 0 atom stereocenters. The van der Waals surface area contributed by atoms with Crippen molar-refractivity contribution in [2.45, 2.75) is 11.9 Å². The number of nitro groups is 1. The monoisotopic (exact) mass is 308 g/mol. The normalized spacial score (nSPS) is 11.2. The molecule has 0 aliphatic rings. The lowest BCUT2D eigenvalue weighted by atomic mass is 10.1. The molecule has 0 radical (unpaired) electrons. The van der Waals surface area contributed by atoms with Gasteiger partial charge in [-0.3, -0.25) is 14.9 Å². The van der Waals surface area contributed by atoms with Crippen LogP contribution >= 0.6 is 11.8 Å². The number of hydrogen-bond donors (Lipinski definition) is 1. The minimum absolute atomic E-state index is 0.149. The fourth-order valence-corrected chi connectivity index (χ4v) is 1.87. The number of nitrogens with zero attached hydrogens (tertiary/aromatic N) is 1. The summed E-state index contributed by atoms with van der Waals surface area (Å²) in [6, 6.07) is 5.72. The molecule has 9 heteroatoms. The van der Waals surface area contributed by atoms with Gasteiger partial charge in [0.05, 0.1) is 11.3 Å². The van der Waals surface area contributed by atoms with Gasteiger partial charge in [-0.15, -0.1) is 0 Å². The highest BCUT2D eigenvalue weighted by molar-refractivity contribution is 8.00. The summed E-state index contributed by atoms with van der Waals surface area (Å²) in [7, 11) is 0. The van der Waals surface area contributed by atoms with Crippen LogP contribution in [0.2, 0.25) is 0 Å². The van der Waals surface area contributed by atoms with Crippen LogP contribution in [0.15, 0.2) is 24.3 Å². The molecule has 1 amide bonds. The van der Waals surface area contributed by atoms with Crippen LogP contribution < -0.4 is 5.32 Å². The van der Waals surface area contributed by atoms with E-state index >= 15 is 0 Å². The largest absolute Gasteiger partial charge is 0.441 e. The Morgan fingerprint density at radius 1 is 1.35 bits per heavy atom. The maximum Gasteiger partial charge on any atom is 0.441 e. The Bertz CT molecular complexity index is 494. The lowest BCUT2D eigenvalue weighted by Gasteiger charge is -2.07. The van der Waals surface area contributed by atoms with E-state index in [1.165, 1.54) is 18.2 Å². The quantitative estimate of drug-likeness (QED) is 0.498. The molecule has 0 spiro atoms. The Hall–Kier alpha value is -1.77. The second-order valence-corrected chi connectivity index (χ2v) is 4.87. The van der Waals surface area contributed by atoms with Gasteiger partial charge in [-0.2, -0.15) is 13.2 Å². The number of nitro benzene ring substituents is 1. The minimum atomic E-state index is -4.33. The molecular formula is C11H11F3N2O3S. The fourth-order valence-electron chi connectivity index (χ4n) is 1.43. The standard InChI is InChI=1S/C11H11F3N2O3S/c12-11(13,14)20-6-5-15-10(17)7-8-3-1-2-4-9(8)16(18)19/h1-4H,5-7H2,(H,15,17). The van der Waals surface area contributed by atoms with Crippen molar-refractivity contribution in [1.29, 1.82) is 0 Å². The summed E-state index contributed by atoms with van der Waals surface area (Å²) in [6.07, 6.45) is -0.242. The van der Waals surface area contributed by atoms with Gasteiger partial charge in [0.1, 0.15) is 0 Å². The van der Waals surface area contributed by atoms with Gasteiger partial charge in [0.25, 0.3) is 5.69 Å². The molecule has 1 rings (SSSR count). The zero-order valence-corrected chi connectivity index (χ0v) is 11.0. The van der Waals surface area contributed by atoms with Crippen molar-refractivity contribution >= 4 is 23.4 Å². The van der Waals surface area contributed by atoms with Crippen molar-refractivity contribution in [3.63, 3.8) is 0 Å². The maximum atomic E-state index is 11.8. The number of benzene rings is 1. The van der Waals surface area contributed by atoms with Crippen molar-refractivity contribution in [2.75, 3.05) is 12.3 Å². The van der Waals surface area contributed by atoms with Crippen molar-refractivity contribution in [2.24, 2.45) is 0 Å². The highest BCUT2D eigenvalue weighted by Crippen LogP contribution is 2.29. The van der Waals surface area contributed by atoms with E-state index in [0.717, 1.165) is 0 Å². The summed E-state index contributed by atoms with van der Waals surface area (Å²) in [6.45, 7) is -0.149. The molecule has 5 nitrogen and oxygen atoms in total. The summed E-state index contributed by atoms with van der Waals surface area (Å²) in [4.78, 5) is 21.6. The van der Waals surface area contributed by atoms with Crippen LogP contribution in [0.3, 0.4) is 0 Å². The number of thioether (sulfide) groups is 1. The summed E-state index contributed by atoms with van der Waals surface area (Å²) < 4.78 is 35.5. The predicted molar refractivity (Wildman–Crippen MR) is 68.3 cm³/mol. The van der Waals surface area contributed by atoms with Gasteiger partial charge < -0.3 is 5.32 Å². The van der Waals surface area contributed by atoms with Gasteiger partial charge in [0, 0.05) is 23.9 Å². The number of rotatable bonds is 6. The molecule has 110 valence electrons. The van der Waals surface area contributed by atoms with Crippen LogP contribution in [0.4, 0.5) is 18.9 Å². The number of carbonyl (C=O) groups excluding carboxylic acids is 1. The van der Waals surface area contributed by atoms with E-state index in [-0.39, 0.29) is 41.7 Å². The first-order chi connectivity index (χ1) is 9.29. The SMILES string of the molecule is O=C(Cc1ccccc1[N+](=O)[O-])NCCSC(F)(F)F. The van der Waals surface area contributed by atoms with Crippen LogP contribution in [0.5, 0.6) is 0 Å². The van der Waals surface area contributed by atoms with E-state index in [1.807, 2.05) is 0 Å². The first-order valence-corrected chi connectivity index (χ1v) is 6.48. The average Bonchev–Trinajstić information content (AvgIpc) is 2.34. The molecule has 0 saturated carbocycles. The molecule has 1 aromatic rings. The van der Waals surface area contributed by atoms with Crippen molar-refractivity contribution < 1.29 is 22.9 Å². The molecule has 0 heterocycles. The molecule has 0 aliphatic heterocycles. The fraction of sp³-hybridized carbons (Fsp3) is 0.364. The number of nitrogens with one attached hydrogen (secondary N) is 1. The van der Waals surface area contributed by atoms with Crippen LogP contribution in [0, 0.1) is 10.1 Å². The van der Waals surface area contributed by atoms with Crippen LogP contribution in [-0.2, 0) is 11.2 Å². The second kappa shape index (κ2) is 7.13. The number of para-hydroxylation sites is 1. The molecular weight excluding hydrogens is 297 g/mol. The van der Waals surface area contributed by atoms with Gasteiger partial charge in [0.15, 0.2) is 0 Å². The van der Waals surface area contributed by atoms with Crippen molar-refractivity contribution in [1.82, 2.24) is 5.32 Å². The molecule has 0 saturated heterocycles. The number of hydrogen-bond acceptors (Lipinski definition) is 4. The van der Waals surface area contributed by atoms with E-state index in [4.69, 9.17) is 0 Å². The van der Waals surface area contributed by atoms with Gasteiger partial charge >= 0.3 is 5.51 Å². The zero-order valence-electron chi connectivity index (χ0n) is 10.1. The molecule has 20 heavy (non-hydrogen) atoms. The number of amides is 1. The van der Waals surface area contributed by atoms with Crippen LogP contribution in [0.25, 0.3) is 0 Å². The Kier molecular flexibility index (Phi) is 5.81. The first kappa shape index (κ1) is 16.3. The van der Waals surface area contributed by atoms with Gasteiger partial charge in [-0.1, -0.05) is 18.2 Å². The highest BCUT2D eigenvalue weighted by Gasteiger charge is 2.27. The van der Waals surface area contributed by atoms with E-state index in [2.05, 4.69) is 5.32 Å². The first-order valence-electron chi connectivity index (χ1n) is 5.49. The van der Waals surface area contributed by atoms with Gasteiger partial charge in [-0.25, -0.2) is 0 Å². The van der Waals surface area contributed by atoms with E-state index < -0.39 is 16.3 Å². The average molecular weight is 308 g/mol. The minimum Gasteiger partial charge on any atom is -0.355 e. The predicted octanol–water partition coefficient (Wildman–Crippen LogP) is 2.51. The van der Waals surface area contributed by atoms with E-state index in [0.29, 0.717) is 0 Å². The molecule has 0 aromatic heterocycles.